The lowest BCUT2D eigenvalue weighted by atomic mass is 9.74. The Balaban J connectivity index is 1.63. The molecule has 5 heteroatoms. The Bertz CT molecular complexity index is 647. The van der Waals surface area contributed by atoms with E-state index in [-0.39, 0.29) is 11.8 Å². The second-order valence-corrected chi connectivity index (χ2v) is 6.93. The van der Waals surface area contributed by atoms with Gasteiger partial charge in [0.1, 0.15) is 5.75 Å². The molecule has 0 bridgehead atoms. The summed E-state index contributed by atoms with van der Waals surface area (Å²) in [5.41, 5.74) is 5.69. The first kappa shape index (κ1) is 12.8. The molecule has 4 aliphatic rings. The molecule has 2 unspecified atom stereocenters. The molecule has 1 aromatic rings. The molecule has 22 heavy (non-hydrogen) atoms. The number of ether oxygens (including phenoxy) is 1. The number of carbonyl (C=O) groups excluding carboxylic acids is 1. The van der Waals surface area contributed by atoms with E-state index < -0.39 is 0 Å². The quantitative estimate of drug-likeness (QED) is 0.853. The van der Waals surface area contributed by atoms with Crippen LogP contribution in [0, 0.1) is 5.92 Å². The first-order valence-electron chi connectivity index (χ1n) is 8.29. The number of carbonyl (C=O) groups is 1. The van der Waals surface area contributed by atoms with Crippen LogP contribution in [0.3, 0.4) is 0 Å². The van der Waals surface area contributed by atoms with E-state index in [0.29, 0.717) is 18.0 Å². The van der Waals surface area contributed by atoms with Gasteiger partial charge in [-0.1, -0.05) is 0 Å². The van der Waals surface area contributed by atoms with Crippen molar-refractivity contribution in [3.63, 3.8) is 0 Å². The van der Waals surface area contributed by atoms with Crippen LogP contribution in [0.25, 0.3) is 0 Å². The highest BCUT2D eigenvalue weighted by atomic mass is 16.5. The lowest BCUT2D eigenvalue weighted by Crippen LogP contribution is -2.71. The molecule has 3 fully saturated rings. The van der Waals surface area contributed by atoms with Crippen molar-refractivity contribution in [2.24, 2.45) is 5.92 Å². The number of nitrogens with zero attached hydrogens (tertiary/aromatic N) is 2. The predicted octanol–water partition coefficient (Wildman–Crippen LogP) is 1.50. The van der Waals surface area contributed by atoms with E-state index in [2.05, 4.69) is 27.5 Å². The third-order valence-electron chi connectivity index (χ3n) is 6.04. The van der Waals surface area contributed by atoms with Crippen LogP contribution >= 0.6 is 0 Å². The van der Waals surface area contributed by atoms with Crippen molar-refractivity contribution in [3.05, 3.63) is 23.8 Å². The minimum absolute atomic E-state index is 0.161. The van der Waals surface area contributed by atoms with Gasteiger partial charge in [-0.25, -0.2) is 0 Å². The summed E-state index contributed by atoms with van der Waals surface area (Å²) in [4.78, 5) is 15.1. The zero-order valence-electron chi connectivity index (χ0n) is 12.8. The molecule has 0 radical (unpaired) electrons. The summed E-state index contributed by atoms with van der Waals surface area (Å²) < 4.78 is 5.41. The van der Waals surface area contributed by atoms with Crippen LogP contribution in [-0.2, 0) is 4.79 Å². The van der Waals surface area contributed by atoms with Gasteiger partial charge in [0, 0.05) is 12.0 Å². The monoisotopic (exact) mass is 299 g/mol. The fourth-order valence-corrected chi connectivity index (χ4v) is 5.15. The number of benzene rings is 1. The average molecular weight is 299 g/mol. The number of piperidine rings is 2. The Labute approximate surface area is 130 Å². The summed E-state index contributed by atoms with van der Waals surface area (Å²) in [6, 6.07) is 7.02. The van der Waals surface area contributed by atoms with Crippen molar-refractivity contribution in [2.75, 3.05) is 25.2 Å². The molecule has 5 rings (SSSR count). The number of methoxy groups -OCH3 is 1. The molecular formula is C17H21N3O2. The predicted molar refractivity (Wildman–Crippen MR) is 82.8 cm³/mol. The smallest absolute Gasteiger partial charge is 0.243 e. The van der Waals surface area contributed by atoms with Crippen molar-refractivity contribution in [3.8, 4) is 5.75 Å². The van der Waals surface area contributed by atoms with E-state index in [1.54, 1.807) is 7.11 Å². The van der Waals surface area contributed by atoms with Crippen LogP contribution in [0.15, 0.2) is 18.2 Å². The number of nitrogens with one attached hydrogen (secondary N) is 1. The standard InChI is InChI=1S/C17H21N3O2/c1-22-10-4-5-14-13(9-10)11-6-8-19-7-2-3-12-15(19)16(11)20(14)18-17(12)21/h4-5,9,11-12,15-16H,2-3,6-8H2,1H3,(H,18,21)/t11?,12-,15+,16?/m0/s1. The van der Waals surface area contributed by atoms with Gasteiger partial charge in [-0.05, 0) is 56.1 Å². The molecule has 4 heterocycles. The van der Waals surface area contributed by atoms with Crippen molar-refractivity contribution in [1.29, 1.82) is 0 Å². The minimum atomic E-state index is 0.161. The van der Waals surface area contributed by atoms with Crippen LogP contribution in [-0.4, -0.2) is 43.1 Å². The van der Waals surface area contributed by atoms with E-state index >= 15 is 0 Å². The SMILES string of the molecule is COc1ccc2c(c1)C1CCN3CCC[C@@H]4C(=O)NN2C1[C@@H]43. The fourth-order valence-electron chi connectivity index (χ4n) is 5.15. The van der Waals surface area contributed by atoms with Gasteiger partial charge in [0.05, 0.1) is 24.8 Å². The van der Waals surface area contributed by atoms with Crippen molar-refractivity contribution in [1.82, 2.24) is 10.3 Å². The number of anilines is 1. The summed E-state index contributed by atoms with van der Waals surface area (Å²) in [7, 11) is 1.71. The molecule has 1 amide bonds. The molecule has 0 aliphatic carbocycles. The second-order valence-electron chi connectivity index (χ2n) is 6.93. The topological polar surface area (TPSA) is 44.8 Å². The summed E-state index contributed by atoms with van der Waals surface area (Å²) >= 11 is 0. The Morgan fingerprint density at radius 2 is 2.09 bits per heavy atom. The van der Waals surface area contributed by atoms with Gasteiger partial charge >= 0.3 is 0 Å². The summed E-state index contributed by atoms with van der Waals surface area (Å²) in [6.45, 7) is 2.26. The van der Waals surface area contributed by atoms with Gasteiger partial charge in [0.25, 0.3) is 0 Å². The molecule has 5 nitrogen and oxygen atoms in total. The first-order valence-corrected chi connectivity index (χ1v) is 8.29. The van der Waals surface area contributed by atoms with Crippen LogP contribution < -0.4 is 15.2 Å². The first-order chi connectivity index (χ1) is 10.8. The van der Waals surface area contributed by atoms with Crippen molar-refractivity contribution >= 4 is 11.6 Å². The highest BCUT2D eigenvalue weighted by Gasteiger charge is 2.56. The van der Waals surface area contributed by atoms with Gasteiger partial charge < -0.3 is 4.74 Å². The number of fused-ring (bicyclic) bond motifs is 3. The molecule has 0 saturated carbocycles. The zero-order valence-corrected chi connectivity index (χ0v) is 12.8. The van der Waals surface area contributed by atoms with E-state index in [0.717, 1.165) is 37.4 Å². The summed E-state index contributed by atoms with van der Waals surface area (Å²) in [5.74, 6) is 1.78. The molecule has 116 valence electrons. The molecule has 4 atom stereocenters. The van der Waals surface area contributed by atoms with E-state index in [1.165, 1.54) is 12.0 Å². The molecule has 1 aromatic carbocycles. The third kappa shape index (κ3) is 1.50. The van der Waals surface area contributed by atoms with Crippen molar-refractivity contribution < 1.29 is 9.53 Å². The molecule has 4 aliphatic heterocycles. The molecule has 1 N–H and O–H groups in total. The van der Waals surface area contributed by atoms with Crippen molar-refractivity contribution in [2.45, 2.75) is 37.3 Å². The van der Waals surface area contributed by atoms with Gasteiger partial charge in [-0.3, -0.25) is 20.1 Å². The van der Waals surface area contributed by atoms with Crippen LogP contribution in [0.4, 0.5) is 5.69 Å². The Kier molecular flexibility index (Phi) is 2.54. The molecule has 3 saturated heterocycles. The Morgan fingerprint density at radius 1 is 1.18 bits per heavy atom. The Hall–Kier alpha value is -1.75. The lowest BCUT2D eigenvalue weighted by molar-refractivity contribution is -0.134. The van der Waals surface area contributed by atoms with Crippen LogP contribution in [0.5, 0.6) is 5.75 Å². The largest absolute Gasteiger partial charge is 0.497 e. The number of hydrogen-bond donors (Lipinski definition) is 1. The van der Waals surface area contributed by atoms with E-state index in [1.807, 2.05) is 6.07 Å². The summed E-state index contributed by atoms with van der Waals surface area (Å²) in [5, 5.41) is 2.15. The van der Waals surface area contributed by atoms with Crippen LogP contribution in [0.2, 0.25) is 0 Å². The molecular weight excluding hydrogens is 278 g/mol. The number of hydrazine groups is 1. The van der Waals surface area contributed by atoms with E-state index in [4.69, 9.17) is 4.74 Å². The number of amides is 1. The Morgan fingerprint density at radius 3 is 2.95 bits per heavy atom. The van der Waals surface area contributed by atoms with Crippen LogP contribution in [0.1, 0.15) is 30.7 Å². The highest BCUT2D eigenvalue weighted by Crippen LogP contribution is 2.51. The highest BCUT2D eigenvalue weighted by molar-refractivity contribution is 5.85. The maximum Gasteiger partial charge on any atom is 0.243 e. The van der Waals surface area contributed by atoms with Gasteiger partial charge in [-0.15, -0.1) is 0 Å². The normalized spacial score (nSPS) is 35.7. The molecule has 0 aromatic heterocycles. The second kappa shape index (κ2) is 4.38. The average Bonchev–Trinajstić information content (AvgIpc) is 2.88. The maximum atomic E-state index is 12.6. The third-order valence-corrected chi connectivity index (χ3v) is 6.04. The van der Waals surface area contributed by atoms with Gasteiger partial charge in [0.15, 0.2) is 0 Å². The fraction of sp³-hybridized carbons (Fsp3) is 0.588. The minimum Gasteiger partial charge on any atom is -0.497 e. The number of hydrogen-bond acceptors (Lipinski definition) is 4. The van der Waals surface area contributed by atoms with E-state index in [9.17, 15) is 4.79 Å². The maximum absolute atomic E-state index is 12.6. The summed E-state index contributed by atoms with van der Waals surface area (Å²) in [6.07, 6.45) is 3.34. The molecule has 0 spiro atoms. The van der Waals surface area contributed by atoms with Gasteiger partial charge in [-0.2, -0.15) is 0 Å². The number of rotatable bonds is 1. The lowest BCUT2D eigenvalue weighted by Gasteiger charge is -2.54. The van der Waals surface area contributed by atoms with Gasteiger partial charge in [0.2, 0.25) is 5.91 Å². The zero-order chi connectivity index (χ0) is 14.8.